The minimum absolute atomic E-state index is 0.0721. The van der Waals surface area contributed by atoms with Gasteiger partial charge in [0.15, 0.2) is 0 Å². The highest BCUT2D eigenvalue weighted by atomic mass is 19.4. The van der Waals surface area contributed by atoms with E-state index in [0.29, 0.717) is 24.6 Å². The number of nitrogens with zero attached hydrogens (tertiary/aromatic N) is 2. The molecule has 1 saturated heterocycles. The number of rotatable bonds is 3. The van der Waals surface area contributed by atoms with Crippen LogP contribution >= 0.6 is 0 Å². The van der Waals surface area contributed by atoms with Crippen LogP contribution in [-0.2, 0) is 12.6 Å². The van der Waals surface area contributed by atoms with Gasteiger partial charge in [0.05, 0.1) is 17.0 Å². The second-order valence-electron chi connectivity index (χ2n) is 5.98. The van der Waals surface area contributed by atoms with E-state index in [2.05, 4.69) is 15.5 Å². The second kappa shape index (κ2) is 4.98. The van der Waals surface area contributed by atoms with Gasteiger partial charge in [0.25, 0.3) is 0 Å². The van der Waals surface area contributed by atoms with Crippen LogP contribution in [0, 0.1) is 18.8 Å². The Hall–Kier alpha value is -1.17. The third kappa shape index (κ3) is 2.95. The molecular weight excluding hydrogens is 267 g/mol. The number of fused-ring (bicyclic) bond motifs is 1. The van der Waals surface area contributed by atoms with E-state index < -0.39 is 11.7 Å². The van der Waals surface area contributed by atoms with Crippen LogP contribution in [0.15, 0.2) is 6.07 Å². The zero-order chi connectivity index (χ0) is 14.3. The Morgan fingerprint density at radius 3 is 2.75 bits per heavy atom. The van der Waals surface area contributed by atoms with Crippen molar-refractivity contribution in [2.24, 2.45) is 11.8 Å². The predicted molar refractivity (Wildman–Crippen MR) is 68.1 cm³/mol. The van der Waals surface area contributed by atoms with E-state index in [1.54, 1.807) is 0 Å². The molecule has 2 heterocycles. The molecule has 0 bridgehead atoms. The van der Waals surface area contributed by atoms with Crippen LogP contribution in [0.5, 0.6) is 0 Å². The summed E-state index contributed by atoms with van der Waals surface area (Å²) in [6, 6.07) is 1.41. The molecular formula is C14H18F3N3. The van der Waals surface area contributed by atoms with Crippen molar-refractivity contribution < 1.29 is 13.2 Å². The van der Waals surface area contributed by atoms with E-state index in [-0.39, 0.29) is 5.69 Å². The zero-order valence-corrected chi connectivity index (χ0v) is 11.4. The Kier molecular flexibility index (Phi) is 3.44. The summed E-state index contributed by atoms with van der Waals surface area (Å²) in [5.41, 5.74) is -0.259. The molecule has 2 fully saturated rings. The van der Waals surface area contributed by atoms with Gasteiger partial charge in [0.1, 0.15) is 0 Å². The molecule has 0 spiro atoms. The van der Waals surface area contributed by atoms with Crippen molar-refractivity contribution in [1.29, 1.82) is 0 Å². The summed E-state index contributed by atoms with van der Waals surface area (Å²) in [5, 5.41) is 11.0. The molecule has 0 amide bonds. The third-order valence-electron chi connectivity index (χ3n) is 4.35. The molecule has 0 aromatic carbocycles. The lowest BCUT2D eigenvalue weighted by molar-refractivity contribution is -0.138. The minimum Gasteiger partial charge on any atom is -0.314 e. The van der Waals surface area contributed by atoms with E-state index in [1.807, 2.05) is 0 Å². The zero-order valence-electron chi connectivity index (χ0n) is 11.4. The predicted octanol–water partition coefficient (Wildman–Crippen LogP) is 2.73. The van der Waals surface area contributed by atoms with E-state index in [4.69, 9.17) is 0 Å². The van der Waals surface area contributed by atoms with Gasteiger partial charge in [-0.1, -0.05) is 0 Å². The van der Waals surface area contributed by atoms with E-state index in [0.717, 1.165) is 30.9 Å². The Balaban J connectivity index is 1.67. The molecule has 1 aromatic rings. The molecule has 1 aromatic heterocycles. The number of halogens is 3. The maximum Gasteiger partial charge on any atom is 0.418 e. The third-order valence-corrected chi connectivity index (χ3v) is 4.35. The van der Waals surface area contributed by atoms with Gasteiger partial charge < -0.3 is 5.32 Å². The molecule has 1 N–H and O–H groups in total. The molecule has 3 nitrogen and oxygen atoms in total. The van der Waals surface area contributed by atoms with Crippen LogP contribution in [0.25, 0.3) is 0 Å². The van der Waals surface area contributed by atoms with Gasteiger partial charge in [0, 0.05) is 6.04 Å². The number of hydrogen-bond acceptors (Lipinski definition) is 3. The average Bonchev–Trinajstić information content (AvgIpc) is 3.14. The Morgan fingerprint density at radius 1 is 1.25 bits per heavy atom. The largest absolute Gasteiger partial charge is 0.418 e. The quantitative estimate of drug-likeness (QED) is 0.928. The summed E-state index contributed by atoms with van der Waals surface area (Å²) >= 11 is 0. The smallest absolute Gasteiger partial charge is 0.314 e. The lowest BCUT2D eigenvalue weighted by atomic mass is 9.98. The van der Waals surface area contributed by atoms with Crippen molar-refractivity contribution in [2.45, 2.75) is 44.8 Å². The van der Waals surface area contributed by atoms with E-state index >= 15 is 0 Å². The SMILES string of the molecule is Cc1cc(C(F)(F)F)c(CC[C@@H]2C[C@H]3C[C@H]3CN2)nn1. The van der Waals surface area contributed by atoms with Crippen LogP contribution < -0.4 is 5.32 Å². The van der Waals surface area contributed by atoms with Crippen molar-refractivity contribution in [2.75, 3.05) is 6.54 Å². The van der Waals surface area contributed by atoms with Gasteiger partial charge in [-0.3, -0.25) is 0 Å². The van der Waals surface area contributed by atoms with Crippen LogP contribution in [0.1, 0.15) is 36.2 Å². The number of hydrogen-bond donors (Lipinski definition) is 1. The first-order valence-electron chi connectivity index (χ1n) is 7.07. The molecule has 2 aliphatic rings. The molecule has 110 valence electrons. The Morgan fingerprint density at radius 2 is 2.05 bits per heavy atom. The lowest BCUT2D eigenvalue weighted by Crippen LogP contribution is -2.36. The van der Waals surface area contributed by atoms with Crippen molar-refractivity contribution in [3.8, 4) is 0 Å². The van der Waals surface area contributed by atoms with Crippen molar-refractivity contribution >= 4 is 0 Å². The number of alkyl halides is 3. The highest BCUT2D eigenvalue weighted by molar-refractivity contribution is 5.24. The van der Waals surface area contributed by atoms with Crippen molar-refractivity contribution in [1.82, 2.24) is 15.5 Å². The Bertz CT molecular complexity index is 501. The molecule has 20 heavy (non-hydrogen) atoms. The fourth-order valence-corrected chi connectivity index (χ4v) is 3.09. The Labute approximate surface area is 116 Å². The minimum atomic E-state index is -4.35. The number of aromatic nitrogens is 2. The highest BCUT2D eigenvalue weighted by Gasteiger charge is 2.42. The summed E-state index contributed by atoms with van der Waals surface area (Å²) in [7, 11) is 0. The van der Waals surface area contributed by atoms with Gasteiger partial charge >= 0.3 is 6.18 Å². The van der Waals surface area contributed by atoms with Crippen LogP contribution in [0.4, 0.5) is 13.2 Å². The van der Waals surface area contributed by atoms with Crippen molar-refractivity contribution in [3.63, 3.8) is 0 Å². The second-order valence-corrected chi connectivity index (χ2v) is 5.98. The number of piperidine rings is 1. The maximum absolute atomic E-state index is 13.0. The first-order chi connectivity index (χ1) is 9.43. The maximum atomic E-state index is 13.0. The number of aryl methyl sites for hydroxylation is 2. The summed E-state index contributed by atoms with van der Waals surface area (Å²) in [5.74, 6) is 1.61. The summed E-state index contributed by atoms with van der Waals surface area (Å²) in [4.78, 5) is 0. The molecule has 1 saturated carbocycles. The fraction of sp³-hybridized carbons (Fsp3) is 0.714. The average molecular weight is 285 g/mol. The van der Waals surface area contributed by atoms with Gasteiger partial charge in [-0.2, -0.15) is 23.4 Å². The van der Waals surface area contributed by atoms with E-state index in [1.165, 1.54) is 13.3 Å². The topological polar surface area (TPSA) is 37.8 Å². The standard InChI is InChI=1S/C14H18F3N3/c1-8-4-12(14(15,16)17)13(20-19-8)3-2-11-6-9-5-10(9)7-18-11/h4,9-11,18H,2-3,5-7H2,1H3/t9-,10+,11-/m1/s1. The first-order valence-corrected chi connectivity index (χ1v) is 7.07. The van der Waals surface area contributed by atoms with Gasteiger partial charge in [-0.25, -0.2) is 0 Å². The summed E-state index contributed by atoms with van der Waals surface area (Å²) in [6.07, 6.45) is -0.953. The lowest BCUT2D eigenvalue weighted by Gasteiger charge is -2.23. The van der Waals surface area contributed by atoms with Crippen LogP contribution in [0.2, 0.25) is 0 Å². The summed E-state index contributed by atoms with van der Waals surface area (Å²) < 4.78 is 38.9. The molecule has 1 aliphatic heterocycles. The van der Waals surface area contributed by atoms with Gasteiger partial charge in [-0.05, 0) is 57.1 Å². The van der Waals surface area contributed by atoms with Crippen molar-refractivity contribution in [3.05, 3.63) is 23.0 Å². The van der Waals surface area contributed by atoms with E-state index in [9.17, 15) is 13.2 Å². The summed E-state index contributed by atoms with van der Waals surface area (Å²) in [6.45, 7) is 2.54. The first kappa shape index (κ1) is 13.8. The highest BCUT2D eigenvalue weighted by Crippen LogP contribution is 2.44. The van der Waals surface area contributed by atoms with Gasteiger partial charge in [-0.15, -0.1) is 0 Å². The van der Waals surface area contributed by atoms with Gasteiger partial charge in [0.2, 0.25) is 0 Å². The monoisotopic (exact) mass is 285 g/mol. The fourth-order valence-electron chi connectivity index (χ4n) is 3.09. The molecule has 3 atom stereocenters. The molecule has 3 rings (SSSR count). The molecule has 1 aliphatic carbocycles. The molecule has 0 unspecified atom stereocenters. The normalized spacial score (nSPS) is 29.1. The molecule has 6 heteroatoms. The molecule has 0 radical (unpaired) electrons. The van der Waals surface area contributed by atoms with Crippen LogP contribution in [-0.4, -0.2) is 22.8 Å². The number of nitrogens with one attached hydrogen (secondary N) is 1. The van der Waals surface area contributed by atoms with Crippen LogP contribution in [0.3, 0.4) is 0 Å².